The van der Waals surface area contributed by atoms with Crippen molar-refractivity contribution in [3.8, 4) is 0 Å². The molecule has 1 N–H and O–H groups in total. The minimum atomic E-state index is 0.551. The molecule has 1 aromatic rings. The Bertz CT molecular complexity index is 297. The van der Waals surface area contributed by atoms with Crippen LogP contribution < -0.4 is 5.32 Å². The average molecular weight is 211 g/mol. The van der Waals surface area contributed by atoms with Crippen LogP contribution in [0.5, 0.6) is 0 Å². The molecule has 1 saturated carbocycles. The van der Waals surface area contributed by atoms with Gasteiger partial charge in [-0.3, -0.25) is 0 Å². The van der Waals surface area contributed by atoms with Crippen molar-refractivity contribution in [1.82, 2.24) is 4.98 Å². The van der Waals surface area contributed by atoms with Crippen molar-refractivity contribution in [3.63, 3.8) is 0 Å². The lowest BCUT2D eigenvalue weighted by molar-refractivity contribution is 0.602. The number of hydrogen-bond donors (Lipinski definition) is 1. The van der Waals surface area contributed by atoms with Crippen molar-refractivity contribution in [3.05, 3.63) is 23.5 Å². The highest BCUT2D eigenvalue weighted by atomic mass is 35.5. The molecule has 0 aromatic carbocycles. The van der Waals surface area contributed by atoms with Gasteiger partial charge < -0.3 is 5.32 Å². The molecule has 2 atom stereocenters. The van der Waals surface area contributed by atoms with E-state index in [1.54, 1.807) is 6.20 Å². The summed E-state index contributed by atoms with van der Waals surface area (Å²) in [6, 6.07) is 4.42. The highest BCUT2D eigenvalue weighted by molar-refractivity contribution is 6.29. The number of anilines is 1. The smallest absolute Gasteiger partial charge is 0.129 e. The molecule has 0 saturated heterocycles. The standard InChI is InChI=1S/C11H15ClN2/c1-8-2-3-9(6-8)14-10-4-5-11(12)13-7-10/h4-5,7-9,14H,2-3,6H2,1H3/t8-,9-/m0/s1. The molecule has 0 unspecified atom stereocenters. The fraction of sp³-hybridized carbons (Fsp3) is 0.545. The van der Waals surface area contributed by atoms with Crippen LogP contribution in [0.15, 0.2) is 18.3 Å². The summed E-state index contributed by atoms with van der Waals surface area (Å²) < 4.78 is 0. The van der Waals surface area contributed by atoms with E-state index in [2.05, 4.69) is 17.2 Å². The van der Waals surface area contributed by atoms with Crippen LogP contribution in [0.1, 0.15) is 26.2 Å². The van der Waals surface area contributed by atoms with Crippen molar-refractivity contribution in [1.29, 1.82) is 0 Å². The number of aromatic nitrogens is 1. The van der Waals surface area contributed by atoms with Crippen LogP contribution in [0.4, 0.5) is 5.69 Å². The number of halogens is 1. The molecular formula is C11H15ClN2. The van der Waals surface area contributed by atoms with Gasteiger partial charge in [0.1, 0.15) is 5.15 Å². The Balaban J connectivity index is 1.94. The summed E-state index contributed by atoms with van der Waals surface area (Å²) in [7, 11) is 0. The molecule has 0 amide bonds. The summed E-state index contributed by atoms with van der Waals surface area (Å²) in [5.41, 5.74) is 1.08. The number of rotatable bonds is 2. The van der Waals surface area contributed by atoms with Crippen molar-refractivity contribution in [2.24, 2.45) is 5.92 Å². The molecule has 0 aliphatic heterocycles. The lowest BCUT2D eigenvalue weighted by Gasteiger charge is -2.13. The Morgan fingerprint density at radius 2 is 2.29 bits per heavy atom. The monoisotopic (exact) mass is 210 g/mol. The highest BCUT2D eigenvalue weighted by Gasteiger charge is 2.20. The van der Waals surface area contributed by atoms with E-state index in [9.17, 15) is 0 Å². The Morgan fingerprint density at radius 1 is 1.43 bits per heavy atom. The molecule has 1 aliphatic rings. The van der Waals surface area contributed by atoms with E-state index in [-0.39, 0.29) is 0 Å². The van der Waals surface area contributed by atoms with Gasteiger partial charge in [-0.1, -0.05) is 18.5 Å². The van der Waals surface area contributed by atoms with Gasteiger partial charge in [-0.25, -0.2) is 4.98 Å². The van der Waals surface area contributed by atoms with E-state index < -0.39 is 0 Å². The average Bonchev–Trinajstić information content (AvgIpc) is 2.56. The van der Waals surface area contributed by atoms with Crippen LogP contribution in [-0.2, 0) is 0 Å². The van der Waals surface area contributed by atoms with Gasteiger partial charge in [0.15, 0.2) is 0 Å². The maximum atomic E-state index is 5.71. The van der Waals surface area contributed by atoms with Gasteiger partial charge in [0, 0.05) is 6.04 Å². The van der Waals surface area contributed by atoms with Gasteiger partial charge in [-0.15, -0.1) is 0 Å². The molecule has 14 heavy (non-hydrogen) atoms. The molecule has 0 radical (unpaired) electrons. The topological polar surface area (TPSA) is 24.9 Å². The first kappa shape index (κ1) is 9.78. The molecule has 1 fully saturated rings. The van der Waals surface area contributed by atoms with Crippen LogP contribution in [0.3, 0.4) is 0 Å². The second kappa shape index (κ2) is 4.18. The van der Waals surface area contributed by atoms with Crippen molar-refractivity contribution < 1.29 is 0 Å². The first-order chi connectivity index (χ1) is 6.74. The molecule has 76 valence electrons. The Morgan fingerprint density at radius 3 is 2.86 bits per heavy atom. The van der Waals surface area contributed by atoms with Crippen LogP contribution >= 0.6 is 11.6 Å². The summed E-state index contributed by atoms with van der Waals surface area (Å²) >= 11 is 5.71. The van der Waals surface area contributed by atoms with Crippen LogP contribution in [0.2, 0.25) is 5.15 Å². The summed E-state index contributed by atoms with van der Waals surface area (Å²) in [6.07, 6.45) is 5.66. The number of nitrogens with zero attached hydrogens (tertiary/aromatic N) is 1. The Labute approximate surface area is 89.7 Å². The second-order valence-corrected chi connectivity index (χ2v) is 4.52. The summed E-state index contributed by atoms with van der Waals surface area (Å²) in [5, 5.41) is 4.03. The van der Waals surface area contributed by atoms with Crippen LogP contribution in [0.25, 0.3) is 0 Å². The van der Waals surface area contributed by atoms with E-state index in [4.69, 9.17) is 11.6 Å². The second-order valence-electron chi connectivity index (χ2n) is 4.13. The first-order valence-corrected chi connectivity index (χ1v) is 5.50. The fourth-order valence-electron chi connectivity index (χ4n) is 2.04. The van der Waals surface area contributed by atoms with E-state index in [0.29, 0.717) is 11.2 Å². The normalized spacial score (nSPS) is 26.4. The summed E-state index contributed by atoms with van der Waals surface area (Å²) in [6.45, 7) is 2.31. The zero-order valence-corrected chi connectivity index (χ0v) is 9.09. The lowest BCUT2D eigenvalue weighted by Crippen LogP contribution is -2.15. The molecule has 1 aliphatic carbocycles. The number of nitrogens with one attached hydrogen (secondary N) is 1. The molecule has 0 bridgehead atoms. The molecule has 1 heterocycles. The Hall–Kier alpha value is -0.760. The van der Waals surface area contributed by atoms with E-state index in [1.165, 1.54) is 19.3 Å². The van der Waals surface area contributed by atoms with Crippen molar-refractivity contribution >= 4 is 17.3 Å². The highest BCUT2D eigenvalue weighted by Crippen LogP contribution is 2.27. The minimum absolute atomic E-state index is 0.551. The summed E-state index contributed by atoms with van der Waals surface area (Å²) in [4.78, 5) is 4.04. The lowest BCUT2D eigenvalue weighted by atomic mass is 10.1. The maximum absolute atomic E-state index is 5.71. The van der Waals surface area contributed by atoms with Crippen LogP contribution in [0, 0.1) is 5.92 Å². The van der Waals surface area contributed by atoms with E-state index in [0.717, 1.165) is 11.6 Å². The molecule has 2 nitrogen and oxygen atoms in total. The maximum Gasteiger partial charge on any atom is 0.129 e. The third-order valence-electron chi connectivity index (χ3n) is 2.79. The van der Waals surface area contributed by atoms with Gasteiger partial charge in [-0.05, 0) is 37.3 Å². The molecular weight excluding hydrogens is 196 g/mol. The van der Waals surface area contributed by atoms with Gasteiger partial charge in [0.05, 0.1) is 11.9 Å². The molecule has 0 spiro atoms. The molecule has 1 aromatic heterocycles. The third-order valence-corrected chi connectivity index (χ3v) is 3.02. The zero-order chi connectivity index (χ0) is 9.97. The van der Waals surface area contributed by atoms with Crippen LogP contribution in [-0.4, -0.2) is 11.0 Å². The van der Waals surface area contributed by atoms with E-state index in [1.807, 2.05) is 12.1 Å². The SMILES string of the molecule is C[C@H]1CC[C@H](Nc2ccc(Cl)nc2)C1. The Kier molecular flexibility index (Phi) is 2.92. The van der Waals surface area contributed by atoms with Gasteiger partial charge in [0.25, 0.3) is 0 Å². The van der Waals surface area contributed by atoms with Crippen molar-refractivity contribution in [2.45, 2.75) is 32.2 Å². The zero-order valence-electron chi connectivity index (χ0n) is 8.33. The first-order valence-electron chi connectivity index (χ1n) is 5.12. The molecule has 2 rings (SSSR count). The van der Waals surface area contributed by atoms with E-state index >= 15 is 0 Å². The predicted molar refractivity (Wildman–Crippen MR) is 59.7 cm³/mol. The van der Waals surface area contributed by atoms with Gasteiger partial charge in [0.2, 0.25) is 0 Å². The largest absolute Gasteiger partial charge is 0.381 e. The fourth-order valence-corrected chi connectivity index (χ4v) is 2.15. The molecule has 3 heteroatoms. The summed E-state index contributed by atoms with van der Waals surface area (Å²) in [5.74, 6) is 0.854. The predicted octanol–water partition coefficient (Wildman–Crippen LogP) is 3.34. The number of hydrogen-bond acceptors (Lipinski definition) is 2. The minimum Gasteiger partial charge on any atom is -0.381 e. The quantitative estimate of drug-likeness (QED) is 0.758. The van der Waals surface area contributed by atoms with Crippen molar-refractivity contribution in [2.75, 3.05) is 5.32 Å². The van der Waals surface area contributed by atoms with Gasteiger partial charge >= 0.3 is 0 Å². The van der Waals surface area contributed by atoms with Gasteiger partial charge in [-0.2, -0.15) is 0 Å². The number of pyridine rings is 1. The third kappa shape index (κ3) is 2.38.